The lowest BCUT2D eigenvalue weighted by Crippen LogP contribution is -2.35. The maximum absolute atomic E-state index is 11.7. The molecule has 2 unspecified atom stereocenters. The van der Waals surface area contributed by atoms with Crippen molar-refractivity contribution in [2.45, 2.75) is 39.2 Å². The number of nitrogens with two attached hydrogens (primary N) is 1. The highest BCUT2D eigenvalue weighted by Gasteiger charge is 2.13. The minimum Gasteiger partial charge on any atom is -0.353 e. The van der Waals surface area contributed by atoms with Gasteiger partial charge < -0.3 is 11.1 Å². The Morgan fingerprint density at radius 3 is 2.88 bits per heavy atom. The SMILES string of the molecule is CCC(CN)CC(=O)NC(C)Cc1cccs1. The number of nitrogens with one attached hydrogen (secondary N) is 1. The Bertz CT molecular complexity index is 320. The molecule has 0 saturated carbocycles. The van der Waals surface area contributed by atoms with Crippen LogP contribution in [0.4, 0.5) is 0 Å². The summed E-state index contributed by atoms with van der Waals surface area (Å²) < 4.78 is 0. The first-order valence-electron chi connectivity index (χ1n) is 6.17. The maximum atomic E-state index is 11.7. The molecule has 1 aromatic rings. The first kappa shape index (κ1) is 14.2. The van der Waals surface area contributed by atoms with E-state index in [0.29, 0.717) is 18.9 Å². The Hall–Kier alpha value is -0.870. The van der Waals surface area contributed by atoms with E-state index in [-0.39, 0.29) is 11.9 Å². The highest BCUT2D eigenvalue weighted by Crippen LogP contribution is 2.11. The first-order valence-corrected chi connectivity index (χ1v) is 7.05. The van der Waals surface area contributed by atoms with Crippen molar-refractivity contribution in [3.05, 3.63) is 22.4 Å². The maximum Gasteiger partial charge on any atom is 0.220 e. The molecule has 17 heavy (non-hydrogen) atoms. The molecule has 0 bridgehead atoms. The Balaban J connectivity index is 2.30. The number of thiophene rings is 1. The van der Waals surface area contributed by atoms with Gasteiger partial charge in [0.2, 0.25) is 5.91 Å². The first-order chi connectivity index (χ1) is 8.15. The second kappa shape index (κ2) is 7.45. The van der Waals surface area contributed by atoms with Gasteiger partial charge in [-0.05, 0) is 30.8 Å². The third kappa shape index (κ3) is 5.33. The van der Waals surface area contributed by atoms with Crippen molar-refractivity contribution in [3.8, 4) is 0 Å². The number of carbonyl (C=O) groups excluding carboxylic acids is 1. The fraction of sp³-hybridized carbons (Fsp3) is 0.615. The molecule has 3 N–H and O–H groups in total. The lowest BCUT2D eigenvalue weighted by Gasteiger charge is -2.16. The Morgan fingerprint density at radius 1 is 1.59 bits per heavy atom. The van der Waals surface area contributed by atoms with Crippen LogP contribution in [0.3, 0.4) is 0 Å². The summed E-state index contributed by atoms with van der Waals surface area (Å²) in [6.45, 7) is 4.70. The zero-order valence-corrected chi connectivity index (χ0v) is 11.4. The molecular weight excluding hydrogens is 232 g/mol. The van der Waals surface area contributed by atoms with Crippen molar-refractivity contribution in [1.82, 2.24) is 5.32 Å². The molecule has 0 aromatic carbocycles. The molecule has 0 aliphatic heterocycles. The summed E-state index contributed by atoms with van der Waals surface area (Å²) in [6.07, 6.45) is 2.41. The van der Waals surface area contributed by atoms with E-state index in [1.54, 1.807) is 11.3 Å². The van der Waals surface area contributed by atoms with Crippen molar-refractivity contribution in [2.75, 3.05) is 6.54 Å². The van der Waals surface area contributed by atoms with Crippen LogP contribution in [-0.2, 0) is 11.2 Å². The fourth-order valence-electron chi connectivity index (χ4n) is 1.77. The second-order valence-electron chi connectivity index (χ2n) is 4.47. The van der Waals surface area contributed by atoms with E-state index in [4.69, 9.17) is 5.73 Å². The van der Waals surface area contributed by atoms with Crippen molar-refractivity contribution < 1.29 is 4.79 Å². The zero-order valence-electron chi connectivity index (χ0n) is 10.6. The number of carbonyl (C=O) groups is 1. The van der Waals surface area contributed by atoms with Crippen LogP contribution in [0.1, 0.15) is 31.6 Å². The number of hydrogen-bond acceptors (Lipinski definition) is 3. The van der Waals surface area contributed by atoms with Gasteiger partial charge in [0.05, 0.1) is 0 Å². The van der Waals surface area contributed by atoms with E-state index >= 15 is 0 Å². The van der Waals surface area contributed by atoms with Gasteiger partial charge in [0.1, 0.15) is 0 Å². The molecule has 0 spiro atoms. The number of rotatable bonds is 7. The summed E-state index contributed by atoms with van der Waals surface area (Å²) in [4.78, 5) is 13.1. The molecule has 1 heterocycles. The van der Waals surface area contributed by atoms with E-state index in [1.165, 1.54) is 4.88 Å². The molecule has 0 fully saturated rings. The molecule has 96 valence electrons. The predicted octanol–water partition coefficient (Wildman–Crippen LogP) is 2.17. The second-order valence-corrected chi connectivity index (χ2v) is 5.50. The predicted molar refractivity (Wildman–Crippen MR) is 73.1 cm³/mol. The van der Waals surface area contributed by atoms with Crippen LogP contribution < -0.4 is 11.1 Å². The van der Waals surface area contributed by atoms with Gasteiger partial charge in [-0.25, -0.2) is 0 Å². The van der Waals surface area contributed by atoms with Crippen LogP contribution in [0.15, 0.2) is 17.5 Å². The molecule has 0 saturated heterocycles. The molecule has 0 aliphatic rings. The van der Waals surface area contributed by atoms with Gasteiger partial charge in [0, 0.05) is 23.8 Å². The Morgan fingerprint density at radius 2 is 2.35 bits per heavy atom. The van der Waals surface area contributed by atoms with Gasteiger partial charge in [0.15, 0.2) is 0 Å². The molecule has 1 rings (SSSR count). The standard InChI is InChI=1S/C13H22N2OS/c1-3-11(9-14)8-13(16)15-10(2)7-12-5-4-6-17-12/h4-6,10-11H,3,7-9,14H2,1-2H3,(H,15,16). The van der Waals surface area contributed by atoms with Gasteiger partial charge >= 0.3 is 0 Å². The summed E-state index contributed by atoms with van der Waals surface area (Å²) in [5, 5.41) is 5.09. The Kier molecular flexibility index (Phi) is 6.22. The van der Waals surface area contributed by atoms with Gasteiger partial charge in [-0.15, -0.1) is 11.3 Å². The largest absolute Gasteiger partial charge is 0.353 e. The molecule has 1 aromatic heterocycles. The van der Waals surface area contributed by atoms with E-state index in [0.717, 1.165) is 12.8 Å². The molecule has 4 heteroatoms. The molecule has 0 radical (unpaired) electrons. The van der Waals surface area contributed by atoms with Crippen molar-refractivity contribution in [3.63, 3.8) is 0 Å². The number of amides is 1. The average Bonchev–Trinajstić information content (AvgIpc) is 2.78. The lowest BCUT2D eigenvalue weighted by molar-refractivity contribution is -0.122. The van der Waals surface area contributed by atoms with E-state index in [9.17, 15) is 4.79 Å². The molecule has 1 amide bonds. The molecule has 0 aliphatic carbocycles. The topological polar surface area (TPSA) is 55.1 Å². The number of hydrogen-bond donors (Lipinski definition) is 2. The summed E-state index contributed by atoms with van der Waals surface area (Å²) in [5.41, 5.74) is 5.59. The fourth-order valence-corrected chi connectivity index (χ4v) is 2.61. The Labute approximate surface area is 107 Å². The summed E-state index contributed by atoms with van der Waals surface area (Å²) in [6, 6.07) is 4.33. The van der Waals surface area contributed by atoms with Crippen LogP contribution in [0.5, 0.6) is 0 Å². The van der Waals surface area contributed by atoms with Crippen molar-refractivity contribution >= 4 is 17.2 Å². The third-order valence-corrected chi connectivity index (χ3v) is 3.78. The van der Waals surface area contributed by atoms with E-state index < -0.39 is 0 Å². The summed E-state index contributed by atoms with van der Waals surface area (Å²) in [5.74, 6) is 0.426. The third-order valence-electron chi connectivity index (χ3n) is 2.88. The zero-order chi connectivity index (χ0) is 12.7. The monoisotopic (exact) mass is 254 g/mol. The van der Waals surface area contributed by atoms with Crippen LogP contribution in [0.2, 0.25) is 0 Å². The average molecular weight is 254 g/mol. The van der Waals surface area contributed by atoms with Gasteiger partial charge in [-0.2, -0.15) is 0 Å². The normalized spacial score (nSPS) is 14.3. The van der Waals surface area contributed by atoms with E-state index in [1.807, 2.05) is 13.0 Å². The summed E-state index contributed by atoms with van der Waals surface area (Å²) >= 11 is 1.73. The van der Waals surface area contributed by atoms with Crippen LogP contribution in [-0.4, -0.2) is 18.5 Å². The molecular formula is C13H22N2OS. The highest BCUT2D eigenvalue weighted by molar-refractivity contribution is 7.09. The lowest BCUT2D eigenvalue weighted by atomic mass is 10.0. The van der Waals surface area contributed by atoms with Crippen molar-refractivity contribution in [2.24, 2.45) is 11.7 Å². The molecule has 3 nitrogen and oxygen atoms in total. The van der Waals surface area contributed by atoms with Gasteiger partial charge in [0.25, 0.3) is 0 Å². The van der Waals surface area contributed by atoms with Crippen LogP contribution in [0, 0.1) is 5.92 Å². The van der Waals surface area contributed by atoms with Gasteiger partial charge in [-0.1, -0.05) is 19.4 Å². The van der Waals surface area contributed by atoms with Crippen LogP contribution in [0.25, 0.3) is 0 Å². The molecule has 2 atom stereocenters. The smallest absolute Gasteiger partial charge is 0.220 e. The van der Waals surface area contributed by atoms with Crippen molar-refractivity contribution in [1.29, 1.82) is 0 Å². The minimum absolute atomic E-state index is 0.117. The summed E-state index contributed by atoms with van der Waals surface area (Å²) in [7, 11) is 0. The van der Waals surface area contributed by atoms with E-state index in [2.05, 4.69) is 23.7 Å². The highest BCUT2D eigenvalue weighted by atomic mass is 32.1. The quantitative estimate of drug-likeness (QED) is 0.783. The van der Waals surface area contributed by atoms with Crippen LogP contribution >= 0.6 is 11.3 Å². The van der Waals surface area contributed by atoms with Gasteiger partial charge in [-0.3, -0.25) is 4.79 Å². The minimum atomic E-state index is 0.117.